The zero-order chi connectivity index (χ0) is 14.2. The zero-order valence-electron chi connectivity index (χ0n) is 11.6. The van der Waals surface area contributed by atoms with Gasteiger partial charge in [0.25, 0.3) is 0 Å². The molecule has 2 heterocycles. The fraction of sp³-hybridized carbons (Fsp3) is 0.250. The summed E-state index contributed by atoms with van der Waals surface area (Å²) >= 11 is 1.71. The minimum Gasteiger partial charge on any atom is -0.390 e. The summed E-state index contributed by atoms with van der Waals surface area (Å²) in [5.74, 6) is 1.52. The Labute approximate surface area is 127 Å². The highest BCUT2D eigenvalue weighted by Gasteiger charge is 2.22. The number of nitrogens with zero attached hydrogens (tertiary/aromatic N) is 2. The highest BCUT2D eigenvalue weighted by atomic mass is 32.1. The van der Waals surface area contributed by atoms with E-state index >= 15 is 0 Å². The van der Waals surface area contributed by atoms with Crippen LogP contribution in [0.3, 0.4) is 0 Å². The predicted molar refractivity (Wildman–Crippen MR) is 86.2 cm³/mol. The van der Waals surface area contributed by atoms with Gasteiger partial charge in [0.1, 0.15) is 0 Å². The topological polar surface area (TPSA) is 67.6 Å². The van der Waals surface area contributed by atoms with Crippen molar-refractivity contribution in [2.24, 2.45) is 0 Å². The molecule has 3 N–H and O–H groups in total. The predicted octanol–water partition coefficient (Wildman–Crippen LogP) is 3.66. The molecule has 106 valence electrons. The molecule has 0 spiro atoms. The molecule has 0 bridgehead atoms. The van der Waals surface area contributed by atoms with Crippen LogP contribution in [0.15, 0.2) is 30.3 Å². The molecule has 0 radical (unpaired) electrons. The molecule has 0 amide bonds. The second kappa shape index (κ2) is 5.00. The fourth-order valence-corrected chi connectivity index (χ4v) is 4.10. The van der Waals surface area contributed by atoms with Gasteiger partial charge in [0, 0.05) is 10.4 Å². The summed E-state index contributed by atoms with van der Waals surface area (Å²) in [6, 6.07) is 10.0. The van der Waals surface area contributed by atoms with Gasteiger partial charge in [-0.15, -0.1) is 11.3 Å². The maximum Gasteiger partial charge on any atom is 0.181 e. The van der Waals surface area contributed by atoms with E-state index in [1.165, 1.54) is 23.3 Å². The van der Waals surface area contributed by atoms with Gasteiger partial charge in [-0.05, 0) is 31.2 Å². The molecule has 0 atom stereocenters. The lowest BCUT2D eigenvalue weighted by Crippen LogP contribution is -2.00. The quantitative estimate of drug-likeness (QED) is 0.758. The van der Waals surface area contributed by atoms with Crippen LogP contribution in [0.4, 0.5) is 5.00 Å². The van der Waals surface area contributed by atoms with Gasteiger partial charge in [0.2, 0.25) is 0 Å². The number of fused-ring (bicyclic) bond motifs is 1. The molecule has 1 aliphatic rings. The number of benzene rings is 1. The Morgan fingerprint density at radius 3 is 2.76 bits per heavy atom. The van der Waals surface area contributed by atoms with Crippen LogP contribution in [0.1, 0.15) is 23.3 Å². The standard InChI is InChI=1S/C16H16N4S/c17-14-13(11-8-4-5-9-12(11)21-14)16-18-15(19-20-16)10-6-2-1-3-7-10/h1-3,6-7H,4-5,8-9,17H2,(H,18,19,20). The van der Waals surface area contributed by atoms with E-state index in [1.54, 1.807) is 11.3 Å². The SMILES string of the molecule is Nc1sc2c(c1-c1nc(-c3ccccc3)n[nH]1)CCCC2. The summed E-state index contributed by atoms with van der Waals surface area (Å²) in [5, 5.41) is 8.27. The number of hydrogen-bond acceptors (Lipinski definition) is 4. The second-order valence-electron chi connectivity index (χ2n) is 5.32. The Balaban J connectivity index is 1.78. The number of H-pyrrole nitrogens is 1. The average molecular weight is 296 g/mol. The van der Waals surface area contributed by atoms with Crippen LogP contribution in [0.5, 0.6) is 0 Å². The number of nitrogens with one attached hydrogen (secondary N) is 1. The second-order valence-corrected chi connectivity index (χ2v) is 6.46. The van der Waals surface area contributed by atoms with Gasteiger partial charge in [-0.25, -0.2) is 4.98 Å². The van der Waals surface area contributed by atoms with Gasteiger partial charge in [0.15, 0.2) is 11.6 Å². The fourth-order valence-electron chi connectivity index (χ4n) is 2.94. The Morgan fingerprint density at radius 1 is 1.10 bits per heavy atom. The third-order valence-corrected chi connectivity index (χ3v) is 5.07. The number of rotatable bonds is 2. The first kappa shape index (κ1) is 12.6. The van der Waals surface area contributed by atoms with Crippen molar-refractivity contribution in [2.45, 2.75) is 25.7 Å². The van der Waals surface area contributed by atoms with E-state index in [-0.39, 0.29) is 0 Å². The van der Waals surface area contributed by atoms with E-state index in [1.807, 2.05) is 30.3 Å². The molecule has 4 rings (SSSR count). The van der Waals surface area contributed by atoms with Crippen LogP contribution in [0, 0.1) is 0 Å². The van der Waals surface area contributed by atoms with Gasteiger partial charge in [-0.1, -0.05) is 30.3 Å². The van der Waals surface area contributed by atoms with E-state index in [0.717, 1.165) is 40.6 Å². The van der Waals surface area contributed by atoms with Gasteiger partial charge in [-0.2, -0.15) is 5.10 Å². The minimum atomic E-state index is 0.723. The maximum atomic E-state index is 6.23. The molecule has 0 fully saturated rings. The highest BCUT2D eigenvalue weighted by Crippen LogP contribution is 2.41. The van der Waals surface area contributed by atoms with Crippen molar-refractivity contribution in [1.29, 1.82) is 0 Å². The monoisotopic (exact) mass is 296 g/mol. The summed E-state index contributed by atoms with van der Waals surface area (Å²) in [7, 11) is 0. The lowest BCUT2D eigenvalue weighted by atomic mass is 9.95. The van der Waals surface area contributed by atoms with E-state index in [9.17, 15) is 0 Å². The molecule has 4 nitrogen and oxygen atoms in total. The molecular weight excluding hydrogens is 280 g/mol. The average Bonchev–Trinajstić information content (AvgIpc) is 3.11. The number of aromatic amines is 1. The van der Waals surface area contributed by atoms with Crippen molar-refractivity contribution in [2.75, 3.05) is 5.73 Å². The minimum absolute atomic E-state index is 0.723. The summed E-state index contributed by atoms with van der Waals surface area (Å²) in [4.78, 5) is 6.07. The normalized spacial score (nSPS) is 14.1. The lowest BCUT2D eigenvalue weighted by Gasteiger charge is -2.11. The van der Waals surface area contributed by atoms with E-state index < -0.39 is 0 Å². The third-order valence-electron chi connectivity index (χ3n) is 3.95. The number of hydrogen-bond donors (Lipinski definition) is 2. The van der Waals surface area contributed by atoms with Crippen molar-refractivity contribution in [1.82, 2.24) is 15.2 Å². The van der Waals surface area contributed by atoms with Gasteiger partial charge < -0.3 is 5.73 Å². The van der Waals surface area contributed by atoms with Crippen LogP contribution in [0.25, 0.3) is 22.8 Å². The summed E-state index contributed by atoms with van der Waals surface area (Å²) < 4.78 is 0. The van der Waals surface area contributed by atoms with Gasteiger partial charge in [-0.3, -0.25) is 5.10 Å². The summed E-state index contributed by atoms with van der Waals surface area (Å²) in [6.07, 6.45) is 4.73. The number of thiophene rings is 1. The molecule has 3 aromatic rings. The molecule has 0 unspecified atom stereocenters. The lowest BCUT2D eigenvalue weighted by molar-refractivity contribution is 0.697. The Kier molecular flexibility index (Phi) is 3.00. The molecule has 0 aliphatic heterocycles. The Hall–Kier alpha value is -2.14. The number of aromatic nitrogens is 3. The first-order valence-electron chi connectivity index (χ1n) is 7.21. The first-order valence-corrected chi connectivity index (χ1v) is 8.03. The largest absolute Gasteiger partial charge is 0.390 e. The van der Waals surface area contributed by atoms with Crippen LogP contribution < -0.4 is 5.73 Å². The van der Waals surface area contributed by atoms with Crippen LogP contribution in [-0.2, 0) is 12.8 Å². The molecule has 0 saturated heterocycles. The van der Waals surface area contributed by atoms with Crippen molar-refractivity contribution in [3.05, 3.63) is 40.8 Å². The molecule has 21 heavy (non-hydrogen) atoms. The zero-order valence-corrected chi connectivity index (χ0v) is 12.4. The van der Waals surface area contributed by atoms with Gasteiger partial charge in [0.05, 0.1) is 10.6 Å². The molecular formula is C16H16N4S. The number of nitrogen functional groups attached to an aromatic ring is 1. The van der Waals surface area contributed by atoms with Gasteiger partial charge >= 0.3 is 0 Å². The summed E-state index contributed by atoms with van der Waals surface area (Å²) in [6.45, 7) is 0. The molecule has 1 aromatic carbocycles. The highest BCUT2D eigenvalue weighted by molar-refractivity contribution is 7.16. The third kappa shape index (κ3) is 2.14. The summed E-state index contributed by atoms with van der Waals surface area (Å²) in [5.41, 5.74) is 9.70. The van der Waals surface area contributed by atoms with Crippen LogP contribution >= 0.6 is 11.3 Å². The Morgan fingerprint density at radius 2 is 1.90 bits per heavy atom. The van der Waals surface area contributed by atoms with Crippen LogP contribution in [0.2, 0.25) is 0 Å². The van der Waals surface area contributed by atoms with E-state index in [2.05, 4.69) is 15.2 Å². The molecule has 0 saturated carbocycles. The molecule has 1 aliphatic carbocycles. The number of anilines is 1. The maximum absolute atomic E-state index is 6.23. The number of nitrogens with two attached hydrogens (primary N) is 1. The molecule has 2 aromatic heterocycles. The van der Waals surface area contributed by atoms with Crippen molar-refractivity contribution >= 4 is 16.3 Å². The van der Waals surface area contributed by atoms with Crippen molar-refractivity contribution in [3.8, 4) is 22.8 Å². The van der Waals surface area contributed by atoms with Crippen molar-refractivity contribution in [3.63, 3.8) is 0 Å². The Bertz CT molecular complexity index is 773. The molecule has 5 heteroatoms. The van der Waals surface area contributed by atoms with Crippen molar-refractivity contribution < 1.29 is 0 Å². The smallest absolute Gasteiger partial charge is 0.181 e. The van der Waals surface area contributed by atoms with E-state index in [0.29, 0.717) is 0 Å². The van der Waals surface area contributed by atoms with E-state index in [4.69, 9.17) is 5.73 Å². The number of aryl methyl sites for hydroxylation is 1. The van der Waals surface area contributed by atoms with Crippen LogP contribution in [-0.4, -0.2) is 15.2 Å². The first-order chi connectivity index (χ1) is 10.3.